The Morgan fingerprint density at radius 3 is 2.36 bits per heavy atom. The number of esters is 1. The zero-order valence-electron chi connectivity index (χ0n) is 25.7. The number of nitrogens with zero attached hydrogens (tertiary/aromatic N) is 4. The minimum absolute atomic E-state index is 0.266. The van der Waals surface area contributed by atoms with E-state index in [9.17, 15) is 4.79 Å². The number of benzene rings is 4. The highest BCUT2D eigenvalue weighted by Gasteiger charge is 2.21. The van der Waals surface area contributed by atoms with Crippen molar-refractivity contribution in [2.45, 2.75) is 57.5 Å². The molecule has 0 amide bonds. The van der Waals surface area contributed by atoms with Crippen molar-refractivity contribution in [2.75, 3.05) is 7.11 Å². The normalized spacial score (nSPS) is 13.4. The lowest BCUT2D eigenvalue weighted by Gasteiger charge is -2.19. The molecule has 7 rings (SSSR count). The molecule has 0 saturated carbocycles. The van der Waals surface area contributed by atoms with Gasteiger partial charge in [-0.2, -0.15) is 0 Å². The van der Waals surface area contributed by atoms with E-state index in [4.69, 9.17) is 14.7 Å². The van der Waals surface area contributed by atoms with Gasteiger partial charge >= 0.3 is 5.97 Å². The molecule has 2 heterocycles. The third-order valence-corrected chi connectivity index (χ3v) is 9.15. The molecule has 0 saturated heterocycles. The maximum atomic E-state index is 12.4. The summed E-state index contributed by atoms with van der Waals surface area (Å²) < 4.78 is 9.63. The average Bonchev–Trinajstić information content (AvgIpc) is 3.69. The maximum Gasteiger partial charge on any atom is 0.337 e. The van der Waals surface area contributed by atoms with Gasteiger partial charge in [0, 0.05) is 24.6 Å². The number of ether oxygens (including phenoxy) is 1. The van der Waals surface area contributed by atoms with Crippen LogP contribution in [0.2, 0.25) is 0 Å². The molecule has 226 valence electrons. The van der Waals surface area contributed by atoms with Crippen molar-refractivity contribution in [3.05, 3.63) is 132 Å². The Morgan fingerprint density at radius 1 is 0.867 bits per heavy atom. The molecule has 1 aliphatic rings. The number of aryl methyl sites for hydroxylation is 2. The fraction of sp³-hybridized carbons (Fsp3) is 0.256. The Kier molecular flexibility index (Phi) is 8.28. The quantitative estimate of drug-likeness (QED) is 0.117. The first kappa shape index (κ1) is 28.8. The number of para-hydroxylation sites is 1. The third-order valence-electron chi connectivity index (χ3n) is 9.15. The fourth-order valence-corrected chi connectivity index (χ4v) is 6.84. The smallest absolute Gasteiger partial charge is 0.337 e. The van der Waals surface area contributed by atoms with Crippen LogP contribution in [0, 0.1) is 0 Å². The molecule has 4 aromatic carbocycles. The number of carbonyl (C=O) groups is 1. The molecule has 0 aliphatic heterocycles. The number of carbonyl (C=O) groups excluding carboxylic acids is 1. The molecule has 0 atom stereocenters. The minimum atomic E-state index is -0.355. The second kappa shape index (κ2) is 12.9. The summed E-state index contributed by atoms with van der Waals surface area (Å²) in [4.78, 5) is 22.4. The molecule has 0 N–H and O–H groups in total. The molecule has 0 fully saturated rings. The first-order valence-electron chi connectivity index (χ1n) is 16.0. The number of hydrogen-bond donors (Lipinski definition) is 0. The van der Waals surface area contributed by atoms with E-state index in [1.807, 2.05) is 24.5 Å². The SMILES string of the molecule is COC(=O)c1ccc2c(c1)nc(-c1cccc3ncn(CCC(c4ccccc4)c4ccccc4)c13)n2CCC1=CCCCC1. The standard InChI is InChI=1S/C39H38N4O2/c1-45-39(44)31-20-21-36-35(26-31)41-38(43(36)25-22-28-12-5-2-6-13-28)33-18-11-19-34-37(33)42(27-40-34)24-23-32(29-14-7-3-8-15-29)30-16-9-4-10-17-30/h3-4,7-12,14-21,26-27,32H,2,5-6,13,22-25H2,1H3. The van der Waals surface area contributed by atoms with Gasteiger partial charge in [0.15, 0.2) is 0 Å². The summed E-state index contributed by atoms with van der Waals surface area (Å²) in [5, 5.41) is 0. The van der Waals surface area contributed by atoms with Crippen LogP contribution in [0.15, 0.2) is 115 Å². The molecule has 6 nitrogen and oxygen atoms in total. The van der Waals surface area contributed by atoms with Gasteiger partial charge in [-0.05, 0) is 80.0 Å². The molecule has 0 bridgehead atoms. The third kappa shape index (κ3) is 5.93. The van der Waals surface area contributed by atoms with Crippen LogP contribution >= 0.6 is 0 Å². The van der Waals surface area contributed by atoms with Gasteiger partial charge in [-0.25, -0.2) is 14.8 Å². The van der Waals surface area contributed by atoms with Crippen LogP contribution in [0.3, 0.4) is 0 Å². The summed E-state index contributed by atoms with van der Waals surface area (Å²) in [6.07, 6.45) is 11.2. The van der Waals surface area contributed by atoms with Crippen molar-refractivity contribution >= 4 is 28.0 Å². The maximum absolute atomic E-state index is 12.4. The predicted molar refractivity (Wildman–Crippen MR) is 180 cm³/mol. The van der Waals surface area contributed by atoms with E-state index in [1.165, 1.54) is 49.5 Å². The van der Waals surface area contributed by atoms with Crippen molar-refractivity contribution in [1.82, 2.24) is 19.1 Å². The van der Waals surface area contributed by atoms with E-state index >= 15 is 0 Å². The van der Waals surface area contributed by atoms with Crippen molar-refractivity contribution in [3.8, 4) is 11.4 Å². The van der Waals surface area contributed by atoms with Gasteiger partial charge in [0.05, 0.1) is 41.1 Å². The molecule has 1 aliphatic carbocycles. The molecule has 6 heteroatoms. The van der Waals surface area contributed by atoms with Crippen LogP contribution in [-0.2, 0) is 17.8 Å². The van der Waals surface area contributed by atoms with Crippen LogP contribution in [0.1, 0.15) is 65.9 Å². The predicted octanol–water partition coefficient (Wildman–Crippen LogP) is 8.95. The van der Waals surface area contributed by atoms with Crippen molar-refractivity contribution in [1.29, 1.82) is 0 Å². The van der Waals surface area contributed by atoms with Gasteiger partial charge in [0.2, 0.25) is 0 Å². The van der Waals surface area contributed by atoms with Gasteiger partial charge in [-0.3, -0.25) is 0 Å². The Bertz CT molecular complexity index is 1930. The number of fused-ring (bicyclic) bond motifs is 2. The fourth-order valence-electron chi connectivity index (χ4n) is 6.84. The largest absolute Gasteiger partial charge is 0.465 e. The molecule has 0 radical (unpaired) electrons. The number of imidazole rings is 2. The first-order valence-corrected chi connectivity index (χ1v) is 16.0. The van der Waals surface area contributed by atoms with Crippen LogP contribution in [0.25, 0.3) is 33.5 Å². The molecule has 45 heavy (non-hydrogen) atoms. The van der Waals surface area contributed by atoms with E-state index in [1.54, 1.807) is 0 Å². The van der Waals surface area contributed by atoms with Gasteiger partial charge in [0.25, 0.3) is 0 Å². The van der Waals surface area contributed by atoms with Crippen LogP contribution in [0.4, 0.5) is 0 Å². The molecular formula is C39H38N4O2. The molecule has 0 unspecified atom stereocenters. The Balaban J connectivity index is 1.29. The number of hydrogen-bond acceptors (Lipinski definition) is 4. The van der Waals surface area contributed by atoms with Crippen molar-refractivity contribution < 1.29 is 9.53 Å². The summed E-state index contributed by atoms with van der Waals surface area (Å²) in [7, 11) is 1.41. The summed E-state index contributed by atoms with van der Waals surface area (Å²) in [6.45, 7) is 1.63. The van der Waals surface area contributed by atoms with E-state index in [0.717, 1.165) is 59.4 Å². The number of aromatic nitrogens is 4. The summed E-state index contributed by atoms with van der Waals surface area (Å²) in [5.41, 5.74) is 9.55. The zero-order chi connectivity index (χ0) is 30.6. The zero-order valence-corrected chi connectivity index (χ0v) is 25.7. The van der Waals surface area contributed by atoms with Crippen molar-refractivity contribution in [3.63, 3.8) is 0 Å². The lowest BCUT2D eigenvalue weighted by atomic mass is 9.88. The lowest BCUT2D eigenvalue weighted by Crippen LogP contribution is -2.08. The summed E-state index contributed by atoms with van der Waals surface area (Å²) in [6, 6.07) is 33.5. The molecular weight excluding hydrogens is 556 g/mol. The second-order valence-corrected chi connectivity index (χ2v) is 11.9. The summed E-state index contributed by atoms with van der Waals surface area (Å²) in [5.74, 6) is 0.812. The van der Waals surface area contributed by atoms with Gasteiger partial charge in [-0.1, -0.05) is 78.4 Å². The van der Waals surface area contributed by atoms with E-state index in [-0.39, 0.29) is 11.9 Å². The number of allylic oxidation sites excluding steroid dienone is 2. The van der Waals surface area contributed by atoms with Crippen molar-refractivity contribution in [2.24, 2.45) is 0 Å². The Hall–Kier alpha value is -4.97. The monoisotopic (exact) mass is 594 g/mol. The van der Waals surface area contributed by atoms with Crippen LogP contribution in [0.5, 0.6) is 0 Å². The number of methoxy groups -OCH3 is 1. The van der Waals surface area contributed by atoms with E-state index in [0.29, 0.717) is 5.56 Å². The molecule has 0 spiro atoms. The highest BCUT2D eigenvalue weighted by Crippen LogP contribution is 2.34. The molecule has 2 aromatic heterocycles. The Labute approximate surface area is 264 Å². The van der Waals surface area contributed by atoms with Crippen LogP contribution < -0.4 is 0 Å². The van der Waals surface area contributed by atoms with E-state index in [2.05, 4.69) is 94.1 Å². The topological polar surface area (TPSA) is 61.9 Å². The Morgan fingerprint density at radius 2 is 1.64 bits per heavy atom. The average molecular weight is 595 g/mol. The van der Waals surface area contributed by atoms with Gasteiger partial charge in [0.1, 0.15) is 5.82 Å². The van der Waals surface area contributed by atoms with Gasteiger partial charge < -0.3 is 13.9 Å². The van der Waals surface area contributed by atoms with E-state index < -0.39 is 0 Å². The second-order valence-electron chi connectivity index (χ2n) is 11.9. The molecule has 6 aromatic rings. The summed E-state index contributed by atoms with van der Waals surface area (Å²) >= 11 is 0. The first-order chi connectivity index (χ1) is 22.2. The number of rotatable bonds is 10. The highest BCUT2D eigenvalue weighted by atomic mass is 16.5. The van der Waals surface area contributed by atoms with Gasteiger partial charge in [-0.15, -0.1) is 0 Å². The minimum Gasteiger partial charge on any atom is -0.465 e. The van der Waals surface area contributed by atoms with Crippen LogP contribution in [-0.4, -0.2) is 32.2 Å². The highest BCUT2D eigenvalue weighted by molar-refractivity contribution is 5.96. The lowest BCUT2D eigenvalue weighted by molar-refractivity contribution is 0.0601.